The zero-order chi connectivity index (χ0) is 18.3. The highest BCUT2D eigenvalue weighted by molar-refractivity contribution is 5.57. The predicted molar refractivity (Wildman–Crippen MR) is 109 cm³/mol. The van der Waals surface area contributed by atoms with Gasteiger partial charge in [-0.1, -0.05) is 36.4 Å². The van der Waals surface area contributed by atoms with Crippen LogP contribution in [0.4, 0.5) is 17.5 Å². The summed E-state index contributed by atoms with van der Waals surface area (Å²) in [6, 6.07) is 20.0. The second kappa shape index (κ2) is 8.54. The fraction of sp³-hybridized carbons (Fsp3) is 0.273. The fourth-order valence-corrected chi connectivity index (χ4v) is 3.24. The SMILES string of the molecule is c1ccc(COc2cccc(Nc3nccc(N4CCCCC4)n3)c2)cc1. The van der Waals surface area contributed by atoms with E-state index < -0.39 is 0 Å². The molecule has 2 aromatic carbocycles. The Kier molecular flexibility index (Phi) is 5.48. The predicted octanol–water partition coefficient (Wildman–Crippen LogP) is 4.79. The van der Waals surface area contributed by atoms with Crippen LogP contribution in [0.2, 0.25) is 0 Å². The lowest BCUT2D eigenvalue weighted by Crippen LogP contribution is -2.30. The van der Waals surface area contributed by atoms with E-state index in [1.165, 1.54) is 19.3 Å². The van der Waals surface area contributed by atoms with Crippen LogP contribution in [0.25, 0.3) is 0 Å². The summed E-state index contributed by atoms with van der Waals surface area (Å²) in [6.07, 6.45) is 5.58. The molecule has 1 N–H and O–H groups in total. The molecule has 0 bridgehead atoms. The summed E-state index contributed by atoms with van der Waals surface area (Å²) in [7, 11) is 0. The van der Waals surface area contributed by atoms with Gasteiger partial charge in [0, 0.05) is 31.0 Å². The lowest BCUT2D eigenvalue weighted by atomic mass is 10.1. The van der Waals surface area contributed by atoms with Crippen molar-refractivity contribution in [3.05, 3.63) is 72.4 Å². The number of aromatic nitrogens is 2. The minimum atomic E-state index is 0.547. The molecular weight excluding hydrogens is 336 g/mol. The van der Waals surface area contributed by atoms with Crippen molar-refractivity contribution in [2.24, 2.45) is 0 Å². The van der Waals surface area contributed by atoms with Gasteiger partial charge >= 0.3 is 0 Å². The molecule has 1 aromatic heterocycles. The smallest absolute Gasteiger partial charge is 0.229 e. The third kappa shape index (κ3) is 4.76. The number of rotatable bonds is 6. The summed E-state index contributed by atoms with van der Waals surface area (Å²) in [4.78, 5) is 11.4. The zero-order valence-corrected chi connectivity index (χ0v) is 15.3. The molecule has 4 rings (SSSR count). The molecule has 0 unspecified atom stereocenters. The molecule has 3 aromatic rings. The molecular formula is C22H24N4O. The Morgan fingerprint density at radius 1 is 0.926 bits per heavy atom. The third-order valence-corrected chi connectivity index (χ3v) is 4.66. The molecule has 0 aliphatic carbocycles. The van der Waals surface area contributed by atoms with Gasteiger partial charge in [-0.15, -0.1) is 0 Å². The van der Waals surface area contributed by atoms with E-state index in [2.05, 4.69) is 32.3 Å². The van der Waals surface area contributed by atoms with E-state index in [0.29, 0.717) is 12.6 Å². The van der Waals surface area contributed by atoms with E-state index in [1.807, 2.05) is 54.7 Å². The fourth-order valence-electron chi connectivity index (χ4n) is 3.24. The number of piperidine rings is 1. The van der Waals surface area contributed by atoms with Gasteiger partial charge in [-0.25, -0.2) is 4.98 Å². The highest BCUT2D eigenvalue weighted by Crippen LogP contribution is 2.23. The summed E-state index contributed by atoms with van der Waals surface area (Å²) in [5.41, 5.74) is 2.06. The van der Waals surface area contributed by atoms with Crippen molar-refractivity contribution in [3.63, 3.8) is 0 Å². The molecule has 0 atom stereocenters. The maximum Gasteiger partial charge on any atom is 0.229 e. The minimum absolute atomic E-state index is 0.547. The maximum absolute atomic E-state index is 5.90. The summed E-state index contributed by atoms with van der Waals surface area (Å²) >= 11 is 0. The molecule has 2 heterocycles. The highest BCUT2D eigenvalue weighted by atomic mass is 16.5. The molecule has 1 fully saturated rings. The number of hydrogen-bond donors (Lipinski definition) is 1. The summed E-state index contributed by atoms with van der Waals surface area (Å²) < 4.78 is 5.90. The Morgan fingerprint density at radius 3 is 2.63 bits per heavy atom. The van der Waals surface area contributed by atoms with Crippen LogP contribution < -0.4 is 15.0 Å². The number of benzene rings is 2. The summed E-state index contributed by atoms with van der Waals surface area (Å²) in [5, 5.41) is 3.29. The van der Waals surface area contributed by atoms with Gasteiger partial charge in [0.2, 0.25) is 5.95 Å². The number of hydrogen-bond acceptors (Lipinski definition) is 5. The number of nitrogens with zero attached hydrogens (tertiary/aromatic N) is 3. The first-order chi connectivity index (χ1) is 13.4. The Bertz CT molecular complexity index is 863. The van der Waals surface area contributed by atoms with Crippen LogP contribution in [-0.2, 0) is 6.61 Å². The van der Waals surface area contributed by atoms with Crippen molar-refractivity contribution in [2.75, 3.05) is 23.3 Å². The average Bonchev–Trinajstić information content (AvgIpc) is 2.74. The molecule has 0 saturated carbocycles. The lowest BCUT2D eigenvalue weighted by Gasteiger charge is -2.27. The average molecular weight is 360 g/mol. The Hall–Kier alpha value is -3.08. The summed E-state index contributed by atoms with van der Waals surface area (Å²) in [5.74, 6) is 2.41. The van der Waals surface area contributed by atoms with Gasteiger partial charge in [0.25, 0.3) is 0 Å². The highest BCUT2D eigenvalue weighted by Gasteiger charge is 2.12. The van der Waals surface area contributed by atoms with Crippen molar-refractivity contribution < 1.29 is 4.74 Å². The van der Waals surface area contributed by atoms with E-state index in [-0.39, 0.29) is 0 Å². The van der Waals surface area contributed by atoms with Crippen molar-refractivity contribution in [1.82, 2.24) is 9.97 Å². The maximum atomic E-state index is 5.90. The standard InChI is InChI=1S/C22H24N4O/c1-3-8-18(9-4-1)17-27-20-11-7-10-19(16-20)24-22-23-13-12-21(25-22)26-14-5-2-6-15-26/h1,3-4,7-13,16H,2,5-6,14-15,17H2,(H,23,24,25). The Balaban J connectivity index is 1.42. The molecule has 1 saturated heterocycles. The van der Waals surface area contributed by atoms with E-state index in [1.54, 1.807) is 0 Å². The van der Waals surface area contributed by atoms with Gasteiger partial charge in [-0.2, -0.15) is 4.98 Å². The quantitative estimate of drug-likeness (QED) is 0.685. The Morgan fingerprint density at radius 2 is 1.78 bits per heavy atom. The van der Waals surface area contributed by atoms with E-state index >= 15 is 0 Å². The lowest BCUT2D eigenvalue weighted by molar-refractivity contribution is 0.306. The van der Waals surface area contributed by atoms with Crippen molar-refractivity contribution in [2.45, 2.75) is 25.9 Å². The molecule has 27 heavy (non-hydrogen) atoms. The first kappa shape index (κ1) is 17.3. The van der Waals surface area contributed by atoms with Crippen molar-refractivity contribution in [1.29, 1.82) is 0 Å². The van der Waals surface area contributed by atoms with Crippen molar-refractivity contribution >= 4 is 17.5 Å². The van der Waals surface area contributed by atoms with Crippen LogP contribution in [-0.4, -0.2) is 23.1 Å². The van der Waals surface area contributed by atoms with Gasteiger partial charge in [0.05, 0.1) is 0 Å². The second-order valence-electron chi connectivity index (χ2n) is 6.71. The van der Waals surface area contributed by atoms with Crippen LogP contribution in [0.15, 0.2) is 66.9 Å². The van der Waals surface area contributed by atoms with Crippen LogP contribution in [0.5, 0.6) is 5.75 Å². The van der Waals surface area contributed by atoms with Gasteiger partial charge in [0.1, 0.15) is 18.2 Å². The van der Waals surface area contributed by atoms with E-state index in [0.717, 1.165) is 35.9 Å². The minimum Gasteiger partial charge on any atom is -0.489 e. The monoisotopic (exact) mass is 360 g/mol. The summed E-state index contributed by atoms with van der Waals surface area (Å²) in [6.45, 7) is 2.68. The van der Waals surface area contributed by atoms with Gasteiger partial charge in [-0.05, 0) is 43.0 Å². The van der Waals surface area contributed by atoms with E-state index in [9.17, 15) is 0 Å². The first-order valence-corrected chi connectivity index (χ1v) is 9.49. The van der Waals surface area contributed by atoms with Gasteiger partial charge < -0.3 is 15.0 Å². The molecule has 1 aliphatic heterocycles. The Labute approximate surface area is 160 Å². The number of nitrogens with one attached hydrogen (secondary N) is 1. The molecule has 138 valence electrons. The van der Waals surface area contributed by atoms with Gasteiger partial charge in [0.15, 0.2) is 0 Å². The van der Waals surface area contributed by atoms with Crippen LogP contribution in [0.1, 0.15) is 24.8 Å². The molecule has 5 heteroatoms. The second-order valence-corrected chi connectivity index (χ2v) is 6.71. The molecule has 0 amide bonds. The first-order valence-electron chi connectivity index (χ1n) is 9.49. The van der Waals surface area contributed by atoms with Crippen LogP contribution >= 0.6 is 0 Å². The molecule has 0 radical (unpaired) electrons. The number of ether oxygens (including phenoxy) is 1. The normalized spacial score (nSPS) is 14.0. The van der Waals surface area contributed by atoms with Gasteiger partial charge in [-0.3, -0.25) is 0 Å². The number of anilines is 3. The van der Waals surface area contributed by atoms with E-state index in [4.69, 9.17) is 4.74 Å². The topological polar surface area (TPSA) is 50.3 Å². The largest absolute Gasteiger partial charge is 0.489 e. The molecule has 5 nitrogen and oxygen atoms in total. The van der Waals surface area contributed by atoms with Crippen molar-refractivity contribution in [3.8, 4) is 5.75 Å². The van der Waals surface area contributed by atoms with Crippen LogP contribution in [0.3, 0.4) is 0 Å². The zero-order valence-electron chi connectivity index (χ0n) is 15.3. The molecule has 0 spiro atoms. The molecule has 1 aliphatic rings. The third-order valence-electron chi connectivity index (χ3n) is 4.66. The van der Waals surface area contributed by atoms with Crippen LogP contribution in [0, 0.1) is 0 Å².